The molecule has 7 heteroatoms. The van der Waals surface area contributed by atoms with Gasteiger partial charge in [-0.2, -0.15) is 0 Å². The van der Waals surface area contributed by atoms with E-state index in [1.807, 2.05) is 27.7 Å². The SMILES string of the molecule is CCn1c(SCC(=O)Nc2c(C)cc(C)cc2C)nc2sc3c(c2c1=O)CCC3. The van der Waals surface area contributed by atoms with Crippen molar-refractivity contribution in [3.8, 4) is 0 Å². The number of carbonyl (C=O) groups excluding carboxylic acids is 1. The molecule has 0 unspecified atom stereocenters. The van der Waals surface area contributed by atoms with Crippen LogP contribution >= 0.6 is 23.1 Å². The van der Waals surface area contributed by atoms with E-state index in [4.69, 9.17) is 4.98 Å². The second-order valence-electron chi connectivity index (χ2n) is 7.59. The average molecular weight is 428 g/mol. The van der Waals surface area contributed by atoms with Gasteiger partial charge in [0.25, 0.3) is 5.56 Å². The summed E-state index contributed by atoms with van der Waals surface area (Å²) in [5.74, 6) is 0.131. The molecule has 0 saturated heterocycles. The number of nitrogens with one attached hydrogen (secondary N) is 1. The Hall–Kier alpha value is -2.12. The van der Waals surface area contributed by atoms with E-state index in [9.17, 15) is 9.59 Å². The number of thiophene rings is 1. The standard InChI is InChI=1S/C22H25N3O2S2/c1-5-25-21(27)18-15-7-6-8-16(15)29-20(18)24-22(25)28-11-17(26)23-19-13(3)9-12(2)10-14(19)4/h9-10H,5-8,11H2,1-4H3,(H,23,26). The summed E-state index contributed by atoms with van der Waals surface area (Å²) in [6, 6.07) is 4.13. The lowest BCUT2D eigenvalue weighted by molar-refractivity contribution is -0.113. The van der Waals surface area contributed by atoms with Gasteiger partial charge in [-0.25, -0.2) is 4.98 Å². The molecule has 1 aliphatic rings. The van der Waals surface area contributed by atoms with Crippen molar-refractivity contribution >= 4 is 44.9 Å². The van der Waals surface area contributed by atoms with Crippen LogP contribution in [0.5, 0.6) is 0 Å². The summed E-state index contributed by atoms with van der Waals surface area (Å²) in [7, 11) is 0. The molecule has 0 saturated carbocycles. The minimum atomic E-state index is -0.0873. The van der Waals surface area contributed by atoms with Gasteiger partial charge in [0.15, 0.2) is 5.16 Å². The smallest absolute Gasteiger partial charge is 0.263 e. The summed E-state index contributed by atoms with van der Waals surface area (Å²) in [5.41, 5.74) is 5.39. The first kappa shape index (κ1) is 20.2. The van der Waals surface area contributed by atoms with Gasteiger partial charge in [0.05, 0.1) is 11.1 Å². The van der Waals surface area contributed by atoms with Crippen LogP contribution in [0.25, 0.3) is 10.2 Å². The van der Waals surface area contributed by atoms with Crippen molar-refractivity contribution in [2.24, 2.45) is 0 Å². The number of thioether (sulfide) groups is 1. The molecule has 1 aromatic carbocycles. The fourth-order valence-corrected chi connectivity index (χ4v) is 6.30. The van der Waals surface area contributed by atoms with Crippen LogP contribution in [-0.2, 0) is 24.2 Å². The number of hydrogen-bond donors (Lipinski definition) is 1. The van der Waals surface area contributed by atoms with Crippen LogP contribution in [0.1, 0.15) is 40.5 Å². The van der Waals surface area contributed by atoms with Gasteiger partial charge in [0.1, 0.15) is 4.83 Å². The molecule has 0 bridgehead atoms. The number of benzene rings is 1. The molecule has 29 heavy (non-hydrogen) atoms. The topological polar surface area (TPSA) is 64.0 Å². The predicted octanol–water partition coefficient (Wildman–Crippen LogP) is 4.62. The number of aromatic nitrogens is 2. The van der Waals surface area contributed by atoms with Crippen LogP contribution in [0.15, 0.2) is 22.1 Å². The normalized spacial score (nSPS) is 13.1. The Morgan fingerprint density at radius 1 is 1.24 bits per heavy atom. The van der Waals surface area contributed by atoms with Gasteiger partial charge in [0.2, 0.25) is 5.91 Å². The molecule has 5 nitrogen and oxygen atoms in total. The number of carbonyl (C=O) groups is 1. The van der Waals surface area contributed by atoms with Crippen LogP contribution in [-0.4, -0.2) is 21.2 Å². The zero-order valence-electron chi connectivity index (χ0n) is 17.2. The number of amides is 1. The van der Waals surface area contributed by atoms with Crippen LogP contribution < -0.4 is 10.9 Å². The maximum atomic E-state index is 13.1. The molecule has 152 valence electrons. The van der Waals surface area contributed by atoms with E-state index in [0.717, 1.165) is 46.3 Å². The molecule has 0 fully saturated rings. The Labute approximate surface area is 178 Å². The molecule has 3 aromatic rings. The van der Waals surface area contributed by atoms with E-state index >= 15 is 0 Å². The Bertz CT molecular complexity index is 1150. The summed E-state index contributed by atoms with van der Waals surface area (Å²) < 4.78 is 1.70. The van der Waals surface area contributed by atoms with Crippen LogP contribution in [0.2, 0.25) is 0 Å². The molecule has 2 aromatic heterocycles. The molecule has 0 atom stereocenters. The first-order valence-electron chi connectivity index (χ1n) is 9.94. The molecular weight excluding hydrogens is 402 g/mol. The van der Waals surface area contributed by atoms with Crippen molar-refractivity contribution in [2.45, 2.75) is 58.7 Å². The molecular formula is C22H25N3O2S2. The fourth-order valence-electron chi connectivity index (χ4n) is 4.13. The fraction of sp³-hybridized carbons (Fsp3) is 0.409. The molecule has 0 spiro atoms. The van der Waals surface area contributed by atoms with Gasteiger partial charge in [-0.1, -0.05) is 29.5 Å². The molecule has 1 amide bonds. The number of rotatable bonds is 5. The Morgan fingerprint density at radius 3 is 2.66 bits per heavy atom. The second kappa shape index (κ2) is 7.95. The second-order valence-corrected chi connectivity index (χ2v) is 9.62. The summed E-state index contributed by atoms with van der Waals surface area (Å²) in [4.78, 5) is 32.5. The largest absolute Gasteiger partial charge is 0.325 e. The van der Waals surface area contributed by atoms with Gasteiger partial charge in [-0.15, -0.1) is 11.3 Å². The first-order chi connectivity index (χ1) is 13.9. The number of fused-ring (bicyclic) bond motifs is 3. The maximum Gasteiger partial charge on any atom is 0.263 e. The number of aryl methyl sites for hydroxylation is 5. The highest BCUT2D eigenvalue weighted by atomic mass is 32.2. The third-order valence-corrected chi connectivity index (χ3v) is 7.54. The van der Waals surface area contributed by atoms with Crippen molar-refractivity contribution in [2.75, 3.05) is 11.1 Å². The van der Waals surface area contributed by atoms with Gasteiger partial charge < -0.3 is 5.32 Å². The van der Waals surface area contributed by atoms with Gasteiger partial charge >= 0.3 is 0 Å². The minimum absolute atomic E-state index is 0.0324. The summed E-state index contributed by atoms with van der Waals surface area (Å²) in [5, 5.41) is 4.44. The zero-order chi connectivity index (χ0) is 20.7. The third kappa shape index (κ3) is 3.73. The lowest BCUT2D eigenvalue weighted by Crippen LogP contribution is -2.23. The van der Waals surface area contributed by atoms with Crippen molar-refractivity contribution in [3.05, 3.63) is 49.6 Å². The molecule has 2 heterocycles. The molecule has 4 rings (SSSR count). The van der Waals surface area contributed by atoms with Gasteiger partial charge in [-0.05, 0) is 63.6 Å². The number of nitrogens with zero attached hydrogens (tertiary/aromatic N) is 2. The molecule has 1 N–H and O–H groups in total. The maximum absolute atomic E-state index is 13.1. The quantitative estimate of drug-likeness (QED) is 0.477. The lowest BCUT2D eigenvalue weighted by atomic mass is 10.1. The average Bonchev–Trinajstić information content (AvgIpc) is 3.23. The number of hydrogen-bond acceptors (Lipinski definition) is 5. The summed E-state index contributed by atoms with van der Waals surface area (Å²) in [6.45, 7) is 8.55. The van der Waals surface area contributed by atoms with Crippen molar-refractivity contribution in [3.63, 3.8) is 0 Å². The van der Waals surface area contributed by atoms with Crippen molar-refractivity contribution < 1.29 is 4.79 Å². The van der Waals surface area contributed by atoms with E-state index in [0.29, 0.717) is 11.7 Å². The monoisotopic (exact) mass is 427 g/mol. The van der Waals surface area contributed by atoms with Crippen LogP contribution in [0, 0.1) is 20.8 Å². The van der Waals surface area contributed by atoms with E-state index in [-0.39, 0.29) is 17.2 Å². The van der Waals surface area contributed by atoms with Crippen LogP contribution in [0.4, 0.5) is 5.69 Å². The Balaban J connectivity index is 1.57. The Morgan fingerprint density at radius 2 is 1.97 bits per heavy atom. The van der Waals surface area contributed by atoms with Crippen LogP contribution in [0.3, 0.4) is 0 Å². The van der Waals surface area contributed by atoms with E-state index in [2.05, 4.69) is 17.4 Å². The first-order valence-corrected chi connectivity index (χ1v) is 11.7. The van der Waals surface area contributed by atoms with Gasteiger partial charge in [-0.3, -0.25) is 14.2 Å². The minimum Gasteiger partial charge on any atom is -0.325 e. The molecule has 0 aliphatic heterocycles. The highest BCUT2D eigenvalue weighted by molar-refractivity contribution is 7.99. The van der Waals surface area contributed by atoms with E-state index in [1.54, 1.807) is 15.9 Å². The van der Waals surface area contributed by atoms with Gasteiger partial charge in [0, 0.05) is 17.1 Å². The highest BCUT2D eigenvalue weighted by Crippen LogP contribution is 2.35. The highest BCUT2D eigenvalue weighted by Gasteiger charge is 2.23. The summed E-state index contributed by atoms with van der Waals surface area (Å²) in [6.07, 6.45) is 3.14. The molecule has 1 aliphatic carbocycles. The molecule has 0 radical (unpaired) electrons. The zero-order valence-corrected chi connectivity index (χ0v) is 18.9. The van der Waals surface area contributed by atoms with E-state index < -0.39 is 0 Å². The lowest BCUT2D eigenvalue weighted by Gasteiger charge is -2.13. The summed E-state index contributed by atoms with van der Waals surface area (Å²) >= 11 is 2.97. The van der Waals surface area contributed by atoms with Crippen molar-refractivity contribution in [1.82, 2.24) is 9.55 Å². The van der Waals surface area contributed by atoms with Crippen molar-refractivity contribution in [1.29, 1.82) is 0 Å². The predicted molar refractivity (Wildman–Crippen MR) is 122 cm³/mol. The van der Waals surface area contributed by atoms with E-state index in [1.165, 1.54) is 27.8 Å². The number of anilines is 1. The third-order valence-electron chi connectivity index (χ3n) is 5.38. The Kier molecular flexibility index (Phi) is 5.53.